The molecule has 112 valence electrons. The van der Waals surface area contributed by atoms with Crippen LogP contribution in [0, 0.1) is 5.82 Å². The number of nitrogens with two attached hydrogens (primary N) is 1. The van der Waals surface area contributed by atoms with Gasteiger partial charge in [-0.05, 0) is 54.3 Å². The highest BCUT2D eigenvalue weighted by atomic mass is 19.1. The first kappa shape index (κ1) is 13.9. The Bertz CT molecular complexity index is 609. The minimum Gasteiger partial charge on any atom is -0.398 e. The Labute approximate surface area is 122 Å². The summed E-state index contributed by atoms with van der Waals surface area (Å²) < 4.78 is 20.7. The van der Waals surface area contributed by atoms with E-state index in [9.17, 15) is 4.39 Å². The molecule has 2 N–H and O–H groups in total. The molecule has 1 aliphatic heterocycles. The summed E-state index contributed by atoms with van der Waals surface area (Å²) in [4.78, 5) is 0. The standard InChI is InChI=1S/C14H18FN5O/c15-10-4-5-13(16)12(9-10)14-17-18-19-20(14)7-6-11-3-1-2-8-21-11/h4-5,9,11H,1-3,6-8,16H2. The van der Waals surface area contributed by atoms with Crippen molar-refractivity contribution in [1.82, 2.24) is 20.2 Å². The maximum Gasteiger partial charge on any atom is 0.184 e. The van der Waals surface area contributed by atoms with Crippen molar-refractivity contribution in [1.29, 1.82) is 0 Å². The molecule has 2 heterocycles. The van der Waals surface area contributed by atoms with Gasteiger partial charge in [0.05, 0.1) is 6.10 Å². The Morgan fingerprint density at radius 2 is 2.29 bits per heavy atom. The van der Waals surface area contributed by atoms with Crippen LogP contribution in [0.2, 0.25) is 0 Å². The summed E-state index contributed by atoms with van der Waals surface area (Å²) in [7, 11) is 0. The Morgan fingerprint density at radius 3 is 3.10 bits per heavy atom. The number of nitrogen functional groups attached to an aromatic ring is 1. The predicted octanol–water partition coefficient (Wildman–Crippen LogP) is 2.02. The van der Waals surface area contributed by atoms with Crippen molar-refractivity contribution < 1.29 is 9.13 Å². The van der Waals surface area contributed by atoms with E-state index in [0.29, 0.717) is 23.6 Å². The topological polar surface area (TPSA) is 78.9 Å². The number of nitrogens with zero attached hydrogens (tertiary/aromatic N) is 4. The number of aromatic nitrogens is 4. The van der Waals surface area contributed by atoms with Gasteiger partial charge in [0, 0.05) is 24.4 Å². The third kappa shape index (κ3) is 3.18. The molecule has 2 aromatic rings. The minimum absolute atomic E-state index is 0.251. The Balaban J connectivity index is 1.75. The number of anilines is 1. The van der Waals surface area contributed by atoms with Crippen LogP contribution in [0.15, 0.2) is 18.2 Å². The highest BCUT2D eigenvalue weighted by Crippen LogP contribution is 2.25. The van der Waals surface area contributed by atoms with E-state index in [0.717, 1.165) is 25.9 Å². The number of hydrogen-bond donors (Lipinski definition) is 1. The lowest BCUT2D eigenvalue weighted by Crippen LogP contribution is -2.21. The van der Waals surface area contributed by atoms with Crippen LogP contribution in [0.1, 0.15) is 25.7 Å². The van der Waals surface area contributed by atoms with Crippen LogP contribution in [0.3, 0.4) is 0 Å². The van der Waals surface area contributed by atoms with Gasteiger partial charge in [0.25, 0.3) is 0 Å². The molecule has 0 bridgehead atoms. The van der Waals surface area contributed by atoms with Crippen molar-refractivity contribution in [3.63, 3.8) is 0 Å². The summed E-state index contributed by atoms with van der Waals surface area (Å²) in [6, 6.07) is 4.20. The van der Waals surface area contributed by atoms with Gasteiger partial charge in [0.1, 0.15) is 5.82 Å². The molecule has 0 spiro atoms. The highest BCUT2D eigenvalue weighted by Gasteiger charge is 2.17. The van der Waals surface area contributed by atoms with Crippen LogP contribution >= 0.6 is 0 Å². The van der Waals surface area contributed by atoms with Crippen molar-refractivity contribution in [2.24, 2.45) is 0 Å². The van der Waals surface area contributed by atoms with E-state index in [1.165, 1.54) is 24.6 Å². The Hall–Kier alpha value is -2.02. The summed E-state index contributed by atoms with van der Waals surface area (Å²) in [5, 5.41) is 11.6. The molecule has 0 saturated carbocycles. The van der Waals surface area contributed by atoms with Gasteiger partial charge in [-0.25, -0.2) is 9.07 Å². The number of hydrogen-bond acceptors (Lipinski definition) is 5. The van der Waals surface area contributed by atoms with Gasteiger partial charge < -0.3 is 10.5 Å². The SMILES string of the molecule is Nc1ccc(F)cc1-c1nnnn1CCC1CCCCO1. The molecule has 1 fully saturated rings. The third-order valence-electron chi connectivity index (χ3n) is 3.73. The zero-order chi connectivity index (χ0) is 14.7. The fourth-order valence-electron chi connectivity index (χ4n) is 2.57. The van der Waals surface area contributed by atoms with Gasteiger partial charge in [-0.3, -0.25) is 0 Å². The number of rotatable bonds is 4. The molecule has 0 amide bonds. The maximum atomic E-state index is 13.4. The number of tetrazole rings is 1. The van der Waals surface area contributed by atoms with Crippen molar-refractivity contribution in [3.8, 4) is 11.4 Å². The van der Waals surface area contributed by atoms with E-state index >= 15 is 0 Å². The highest BCUT2D eigenvalue weighted by molar-refractivity contribution is 5.71. The molecule has 7 heteroatoms. The lowest BCUT2D eigenvalue weighted by molar-refractivity contribution is 0.00828. The Morgan fingerprint density at radius 1 is 1.38 bits per heavy atom. The van der Waals surface area contributed by atoms with Crippen LogP contribution in [0.4, 0.5) is 10.1 Å². The monoisotopic (exact) mass is 291 g/mol. The lowest BCUT2D eigenvalue weighted by atomic mass is 10.1. The molecule has 1 aromatic heterocycles. The quantitative estimate of drug-likeness (QED) is 0.872. The molecule has 0 radical (unpaired) electrons. The molecule has 1 saturated heterocycles. The minimum atomic E-state index is -0.357. The van der Waals surface area contributed by atoms with Gasteiger partial charge in [-0.15, -0.1) is 5.10 Å². The third-order valence-corrected chi connectivity index (χ3v) is 3.73. The largest absolute Gasteiger partial charge is 0.398 e. The van der Waals surface area contributed by atoms with E-state index in [1.54, 1.807) is 4.68 Å². The molecule has 0 aliphatic carbocycles. The van der Waals surface area contributed by atoms with E-state index in [4.69, 9.17) is 10.5 Å². The molecule has 1 atom stereocenters. The van der Waals surface area contributed by atoms with E-state index in [2.05, 4.69) is 15.5 Å². The summed E-state index contributed by atoms with van der Waals surface area (Å²) in [5.41, 5.74) is 6.87. The smallest absolute Gasteiger partial charge is 0.184 e. The average molecular weight is 291 g/mol. The number of halogens is 1. The lowest BCUT2D eigenvalue weighted by Gasteiger charge is -2.22. The van der Waals surface area contributed by atoms with Crippen LogP contribution in [-0.4, -0.2) is 32.9 Å². The molecule has 3 rings (SSSR count). The fourth-order valence-corrected chi connectivity index (χ4v) is 2.57. The predicted molar refractivity (Wildman–Crippen MR) is 75.8 cm³/mol. The maximum absolute atomic E-state index is 13.4. The van der Waals surface area contributed by atoms with Gasteiger partial charge in [-0.2, -0.15) is 0 Å². The van der Waals surface area contributed by atoms with Crippen molar-refractivity contribution in [3.05, 3.63) is 24.0 Å². The van der Waals surface area contributed by atoms with Gasteiger partial charge >= 0.3 is 0 Å². The van der Waals surface area contributed by atoms with Crippen LogP contribution < -0.4 is 5.73 Å². The molecule has 6 nitrogen and oxygen atoms in total. The number of aryl methyl sites for hydroxylation is 1. The molecular formula is C14H18FN5O. The average Bonchev–Trinajstić information content (AvgIpc) is 2.97. The second-order valence-corrected chi connectivity index (χ2v) is 5.23. The van der Waals surface area contributed by atoms with Crippen LogP contribution in [-0.2, 0) is 11.3 Å². The fraction of sp³-hybridized carbons (Fsp3) is 0.500. The summed E-state index contributed by atoms with van der Waals surface area (Å²) in [5.74, 6) is 0.132. The normalized spacial score (nSPS) is 18.8. The number of benzene rings is 1. The van der Waals surface area contributed by atoms with Crippen LogP contribution in [0.25, 0.3) is 11.4 Å². The van der Waals surface area contributed by atoms with Crippen molar-refractivity contribution in [2.45, 2.75) is 38.3 Å². The van der Waals surface area contributed by atoms with E-state index < -0.39 is 0 Å². The zero-order valence-electron chi connectivity index (χ0n) is 11.7. The second-order valence-electron chi connectivity index (χ2n) is 5.23. The first-order valence-electron chi connectivity index (χ1n) is 7.17. The summed E-state index contributed by atoms with van der Waals surface area (Å²) >= 11 is 0. The van der Waals surface area contributed by atoms with Crippen molar-refractivity contribution >= 4 is 5.69 Å². The van der Waals surface area contributed by atoms with E-state index in [1.807, 2.05) is 0 Å². The van der Waals surface area contributed by atoms with Gasteiger partial charge in [0.2, 0.25) is 0 Å². The number of ether oxygens (including phenoxy) is 1. The summed E-state index contributed by atoms with van der Waals surface area (Å²) in [6.45, 7) is 1.45. The summed E-state index contributed by atoms with van der Waals surface area (Å²) in [6.07, 6.45) is 4.49. The van der Waals surface area contributed by atoms with Gasteiger partial charge in [0.15, 0.2) is 5.82 Å². The molecular weight excluding hydrogens is 273 g/mol. The Kier molecular flexibility index (Phi) is 4.10. The first-order valence-corrected chi connectivity index (χ1v) is 7.17. The molecule has 1 aliphatic rings. The second kappa shape index (κ2) is 6.17. The molecule has 21 heavy (non-hydrogen) atoms. The van der Waals surface area contributed by atoms with E-state index in [-0.39, 0.29) is 11.9 Å². The molecule has 1 aromatic carbocycles. The first-order chi connectivity index (χ1) is 10.2. The zero-order valence-corrected chi connectivity index (χ0v) is 11.7. The molecule has 1 unspecified atom stereocenters. The van der Waals surface area contributed by atoms with Crippen molar-refractivity contribution in [2.75, 3.05) is 12.3 Å². The van der Waals surface area contributed by atoms with Gasteiger partial charge in [-0.1, -0.05) is 0 Å². The van der Waals surface area contributed by atoms with Crippen LogP contribution in [0.5, 0.6) is 0 Å².